The minimum absolute atomic E-state index is 0.112. The van der Waals surface area contributed by atoms with Crippen molar-refractivity contribution in [1.29, 1.82) is 0 Å². The van der Waals surface area contributed by atoms with E-state index in [4.69, 9.17) is 4.74 Å². The van der Waals surface area contributed by atoms with Gasteiger partial charge < -0.3 is 14.4 Å². The molecule has 6 nitrogen and oxygen atoms in total. The molecule has 10 heteroatoms. The minimum Gasteiger partial charge on any atom is -0.493 e. The van der Waals surface area contributed by atoms with Crippen LogP contribution in [0.2, 0.25) is 0 Å². The minimum atomic E-state index is -4.36. The van der Waals surface area contributed by atoms with Gasteiger partial charge in [-0.2, -0.15) is 13.2 Å². The van der Waals surface area contributed by atoms with E-state index in [-0.39, 0.29) is 5.91 Å². The van der Waals surface area contributed by atoms with Crippen LogP contribution in [0.1, 0.15) is 30.4 Å². The van der Waals surface area contributed by atoms with Crippen LogP contribution < -0.4 is 14.4 Å². The molecule has 0 aliphatic carbocycles. The lowest BCUT2D eigenvalue weighted by Crippen LogP contribution is -2.24. The normalized spacial score (nSPS) is 15.1. The van der Waals surface area contributed by atoms with E-state index in [0.29, 0.717) is 25.1 Å². The average Bonchev–Trinajstić information content (AvgIpc) is 3.29. The predicted molar refractivity (Wildman–Crippen MR) is 125 cm³/mol. The highest BCUT2D eigenvalue weighted by Crippen LogP contribution is 2.33. The van der Waals surface area contributed by atoms with Crippen LogP contribution in [0.25, 0.3) is 0 Å². The van der Waals surface area contributed by atoms with E-state index >= 15 is 0 Å². The lowest BCUT2D eigenvalue weighted by molar-refractivity contribution is -0.137. The molecule has 1 N–H and O–H groups in total. The maximum atomic E-state index is 12.4. The third kappa shape index (κ3) is 6.19. The Morgan fingerprint density at radius 2 is 1.94 bits per heavy atom. The molecule has 0 atom stereocenters. The number of amides is 1. The zero-order valence-electron chi connectivity index (χ0n) is 18.2. The van der Waals surface area contributed by atoms with Gasteiger partial charge in [0.25, 0.3) is 0 Å². The second-order valence-corrected chi connectivity index (χ2v) is 8.60. The van der Waals surface area contributed by atoms with E-state index in [0.717, 1.165) is 48.0 Å². The number of anilines is 2. The Bertz CT molecular complexity index is 1130. The number of hydrogen-bond donors (Lipinski definition) is 1. The van der Waals surface area contributed by atoms with Gasteiger partial charge in [-0.3, -0.25) is 4.79 Å². The van der Waals surface area contributed by atoms with E-state index in [1.807, 2.05) is 6.07 Å². The van der Waals surface area contributed by atoms with Gasteiger partial charge in [0.1, 0.15) is 17.9 Å². The molecule has 1 aromatic heterocycles. The molecule has 2 aromatic carbocycles. The Kier molecular flexibility index (Phi) is 7.56. The lowest BCUT2D eigenvalue weighted by Gasteiger charge is -2.17. The molecular weight excluding hydrogens is 465 g/mol. The third-order valence-corrected chi connectivity index (χ3v) is 6.10. The van der Waals surface area contributed by atoms with Gasteiger partial charge in [0.2, 0.25) is 5.91 Å². The van der Waals surface area contributed by atoms with E-state index in [1.54, 1.807) is 6.20 Å². The van der Waals surface area contributed by atoms with Crippen molar-refractivity contribution in [2.75, 3.05) is 22.8 Å². The van der Waals surface area contributed by atoms with Crippen molar-refractivity contribution < 1.29 is 22.7 Å². The van der Waals surface area contributed by atoms with E-state index in [2.05, 4.69) is 32.9 Å². The summed E-state index contributed by atoms with van der Waals surface area (Å²) in [5.41, 5.74) is 0.912. The van der Waals surface area contributed by atoms with Crippen molar-refractivity contribution in [3.05, 3.63) is 72.2 Å². The SMILES string of the molecule is O=C1CCCN1c1cccc(C(F)(F)F)c1.c1cc(NSc2ccc3c(c2)OCCC3)ncn1. The molecule has 2 aliphatic heterocycles. The Labute approximate surface area is 199 Å². The van der Waals surface area contributed by atoms with Crippen molar-refractivity contribution in [2.45, 2.75) is 36.8 Å². The quantitative estimate of drug-likeness (QED) is 0.472. The van der Waals surface area contributed by atoms with Gasteiger partial charge in [-0.05, 0) is 73.2 Å². The largest absolute Gasteiger partial charge is 0.493 e. The number of aryl methyl sites for hydroxylation is 1. The van der Waals surface area contributed by atoms with Crippen LogP contribution in [-0.2, 0) is 17.4 Å². The monoisotopic (exact) mass is 488 g/mol. The predicted octanol–water partition coefficient (Wildman–Crippen LogP) is 5.75. The van der Waals surface area contributed by atoms with Crippen LogP contribution in [-0.4, -0.2) is 29.0 Å². The smallest absolute Gasteiger partial charge is 0.416 e. The van der Waals surface area contributed by atoms with Gasteiger partial charge in [0, 0.05) is 29.7 Å². The summed E-state index contributed by atoms with van der Waals surface area (Å²) in [7, 11) is 0. The molecule has 5 rings (SSSR count). The molecule has 34 heavy (non-hydrogen) atoms. The maximum absolute atomic E-state index is 12.4. The number of ether oxygens (including phenoxy) is 1. The van der Waals surface area contributed by atoms with Crippen molar-refractivity contribution in [2.24, 2.45) is 0 Å². The second kappa shape index (κ2) is 10.8. The summed E-state index contributed by atoms with van der Waals surface area (Å²) in [6.07, 6.45) is 2.22. The summed E-state index contributed by atoms with van der Waals surface area (Å²) < 4.78 is 46.2. The first-order valence-electron chi connectivity index (χ1n) is 10.8. The van der Waals surface area contributed by atoms with Crippen molar-refractivity contribution >= 4 is 29.4 Å². The molecule has 178 valence electrons. The number of rotatable bonds is 4. The molecule has 1 fully saturated rings. The third-order valence-electron chi connectivity index (χ3n) is 5.30. The molecule has 0 spiro atoms. The van der Waals surface area contributed by atoms with Crippen LogP contribution in [0.15, 0.2) is 66.0 Å². The fourth-order valence-corrected chi connectivity index (χ4v) is 4.26. The fraction of sp³-hybridized carbons (Fsp3) is 0.292. The molecule has 0 radical (unpaired) electrons. The van der Waals surface area contributed by atoms with Gasteiger partial charge in [-0.25, -0.2) is 9.97 Å². The summed E-state index contributed by atoms with van der Waals surface area (Å²) in [6, 6.07) is 13.0. The number of hydrogen-bond acceptors (Lipinski definition) is 6. The van der Waals surface area contributed by atoms with Crippen LogP contribution in [0.4, 0.5) is 24.7 Å². The summed E-state index contributed by atoms with van der Waals surface area (Å²) in [6.45, 7) is 1.32. The average molecular weight is 489 g/mol. The number of carbonyl (C=O) groups excluding carboxylic acids is 1. The van der Waals surface area contributed by atoms with E-state index in [9.17, 15) is 18.0 Å². The zero-order valence-corrected chi connectivity index (χ0v) is 19.0. The number of benzene rings is 2. The molecule has 0 bridgehead atoms. The van der Waals surface area contributed by atoms with Gasteiger partial charge >= 0.3 is 6.18 Å². The summed E-state index contributed by atoms with van der Waals surface area (Å²) in [4.78, 5) is 21.9. The number of carbonyl (C=O) groups is 1. The highest BCUT2D eigenvalue weighted by atomic mass is 32.2. The maximum Gasteiger partial charge on any atom is 0.416 e. The number of alkyl halides is 3. The van der Waals surface area contributed by atoms with Crippen LogP contribution in [0.3, 0.4) is 0 Å². The van der Waals surface area contributed by atoms with Gasteiger partial charge in [-0.15, -0.1) is 0 Å². The molecule has 3 heterocycles. The number of fused-ring (bicyclic) bond motifs is 1. The van der Waals surface area contributed by atoms with E-state index in [1.165, 1.54) is 40.9 Å². The van der Waals surface area contributed by atoms with Gasteiger partial charge in [-0.1, -0.05) is 12.1 Å². The number of halogens is 3. The van der Waals surface area contributed by atoms with Crippen LogP contribution >= 0.6 is 11.9 Å². The standard InChI is InChI=1S/C13H13N3OS.C11H10F3NO/c1-2-10-3-4-11(8-12(10)17-7-1)18-16-13-5-6-14-9-15-13;12-11(13,14)8-3-1-4-9(7-8)15-6-2-5-10(15)16/h3-6,8-9H,1-2,7H2,(H,14,15,16);1,3-4,7H,2,5-6H2. The zero-order chi connectivity index (χ0) is 24.0. The summed E-state index contributed by atoms with van der Waals surface area (Å²) >= 11 is 1.53. The number of nitrogens with one attached hydrogen (secondary N) is 1. The molecule has 2 aliphatic rings. The molecule has 0 unspecified atom stereocenters. The number of nitrogens with zero attached hydrogens (tertiary/aromatic N) is 3. The van der Waals surface area contributed by atoms with Crippen LogP contribution in [0, 0.1) is 0 Å². The Morgan fingerprint density at radius 3 is 2.68 bits per heavy atom. The first kappa shape index (κ1) is 23.9. The Morgan fingerprint density at radius 1 is 1.06 bits per heavy atom. The van der Waals surface area contributed by atoms with Gasteiger partial charge in [0.05, 0.1) is 12.2 Å². The molecule has 1 amide bonds. The molecule has 3 aromatic rings. The first-order valence-corrected chi connectivity index (χ1v) is 11.6. The van der Waals surface area contributed by atoms with Crippen molar-refractivity contribution in [3.8, 4) is 5.75 Å². The van der Waals surface area contributed by atoms with Crippen LogP contribution in [0.5, 0.6) is 5.75 Å². The topological polar surface area (TPSA) is 67.4 Å². The Balaban J connectivity index is 0.000000162. The number of aromatic nitrogens is 2. The molecule has 0 saturated carbocycles. The fourth-order valence-electron chi connectivity index (χ4n) is 3.62. The molecular formula is C24H23F3N4O2S. The lowest BCUT2D eigenvalue weighted by atomic mass is 10.1. The highest BCUT2D eigenvalue weighted by molar-refractivity contribution is 8.00. The van der Waals surface area contributed by atoms with E-state index < -0.39 is 11.7 Å². The molecule has 1 saturated heterocycles. The first-order chi connectivity index (χ1) is 16.4. The second-order valence-electron chi connectivity index (χ2n) is 7.72. The Hall–Kier alpha value is -3.27. The summed E-state index contributed by atoms with van der Waals surface area (Å²) in [5, 5.41) is 0. The highest BCUT2D eigenvalue weighted by Gasteiger charge is 2.31. The van der Waals surface area contributed by atoms with Gasteiger partial charge in [0.15, 0.2) is 0 Å². The van der Waals surface area contributed by atoms with Crippen molar-refractivity contribution in [1.82, 2.24) is 9.97 Å². The van der Waals surface area contributed by atoms with Crippen molar-refractivity contribution in [3.63, 3.8) is 0 Å². The summed E-state index contributed by atoms with van der Waals surface area (Å²) in [5.74, 6) is 1.70.